The lowest BCUT2D eigenvalue weighted by atomic mass is 10.2. The lowest BCUT2D eigenvalue weighted by Gasteiger charge is -2.27. The van der Waals surface area contributed by atoms with Gasteiger partial charge in [0.1, 0.15) is 5.60 Å². The number of halogens is 1. The minimum absolute atomic E-state index is 0.303. The number of ether oxygens (including phenoxy) is 1. The summed E-state index contributed by atoms with van der Waals surface area (Å²) in [4.78, 5) is 13.9. The van der Waals surface area contributed by atoms with Gasteiger partial charge in [-0.1, -0.05) is 23.7 Å². The molecule has 0 atom stereocenters. The Morgan fingerprint density at radius 3 is 2.40 bits per heavy atom. The maximum atomic E-state index is 12.2. The van der Waals surface area contributed by atoms with Crippen LogP contribution in [0, 0.1) is 0 Å². The highest BCUT2D eigenvalue weighted by molar-refractivity contribution is 6.30. The van der Waals surface area contributed by atoms with Crippen LogP contribution in [0.25, 0.3) is 0 Å². The van der Waals surface area contributed by atoms with Crippen molar-refractivity contribution in [2.24, 2.45) is 0 Å². The number of nitrogens with zero attached hydrogens (tertiary/aromatic N) is 1. The van der Waals surface area contributed by atoms with Crippen LogP contribution in [-0.4, -0.2) is 36.7 Å². The Kier molecular flexibility index (Phi) is 6.30. The van der Waals surface area contributed by atoms with Gasteiger partial charge in [-0.2, -0.15) is 0 Å². The molecule has 0 aliphatic carbocycles. The van der Waals surface area contributed by atoms with Gasteiger partial charge in [0.2, 0.25) is 0 Å². The molecule has 1 rings (SSSR count). The Balaban J connectivity index is 2.73. The van der Waals surface area contributed by atoms with Gasteiger partial charge in [-0.05, 0) is 45.5 Å². The van der Waals surface area contributed by atoms with E-state index < -0.39 is 5.60 Å². The van der Waals surface area contributed by atoms with Crippen molar-refractivity contribution in [3.05, 3.63) is 34.9 Å². The molecule has 1 amide bonds. The van der Waals surface area contributed by atoms with E-state index in [1.54, 1.807) is 4.90 Å². The van der Waals surface area contributed by atoms with Gasteiger partial charge in [-0.3, -0.25) is 0 Å². The van der Waals surface area contributed by atoms with Gasteiger partial charge < -0.3 is 15.0 Å². The maximum Gasteiger partial charge on any atom is 0.410 e. The Morgan fingerprint density at radius 1 is 1.30 bits per heavy atom. The summed E-state index contributed by atoms with van der Waals surface area (Å²) in [6.07, 6.45) is -0.303. The molecule has 1 N–H and O–H groups in total. The van der Waals surface area contributed by atoms with Gasteiger partial charge in [0.15, 0.2) is 0 Å². The highest BCUT2D eigenvalue weighted by atomic mass is 35.5. The van der Waals surface area contributed by atoms with Gasteiger partial charge in [0.05, 0.1) is 0 Å². The third kappa shape index (κ3) is 6.26. The zero-order valence-corrected chi connectivity index (χ0v) is 13.3. The highest BCUT2D eigenvalue weighted by Gasteiger charge is 2.21. The standard InChI is InChI=1S/C15H23ClN2O2/c1-15(2,3)20-14(19)18(10-9-17-4)11-12-5-7-13(16)8-6-12/h5-8,17H,9-11H2,1-4H3. The Morgan fingerprint density at radius 2 is 1.90 bits per heavy atom. The number of benzene rings is 1. The van der Waals surface area contributed by atoms with Gasteiger partial charge in [-0.15, -0.1) is 0 Å². The van der Waals surface area contributed by atoms with Crippen LogP contribution in [0.4, 0.5) is 4.79 Å². The average Bonchev–Trinajstić information content (AvgIpc) is 2.34. The third-order valence-corrected chi connectivity index (χ3v) is 2.82. The summed E-state index contributed by atoms with van der Waals surface area (Å²) in [5, 5.41) is 3.73. The maximum absolute atomic E-state index is 12.2. The molecule has 20 heavy (non-hydrogen) atoms. The minimum Gasteiger partial charge on any atom is -0.444 e. The van der Waals surface area contributed by atoms with Gasteiger partial charge >= 0.3 is 6.09 Å². The second-order valence-electron chi connectivity index (χ2n) is 5.63. The molecule has 1 aromatic carbocycles. The second kappa shape index (κ2) is 7.50. The molecular weight excluding hydrogens is 276 g/mol. The molecule has 0 unspecified atom stereocenters. The number of nitrogens with one attached hydrogen (secondary N) is 1. The third-order valence-electron chi connectivity index (χ3n) is 2.57. The quantitative estimate of drug-likeness (QED) is 0.907. The van der Waals surface area contributed by atoms with E-state index in [1.807, 2.05) is 52.1 Å². The first-order valence-electron chi connectivity index (χ1n) is 6.69. The van der Waals surface area contributed by atoms with E-state index >= 15 is 0 Å². The van der Waals surface area contributed by atoms with E-state index in [-0.39, 0.29) is 6.09 Å². The van der Waals surface area contributed by atoms with E-state index in [2.05, 4.69) is 5.32 Å². The van der Waals surface area contributed by atoms with Crippen molar-refractivity contribution in [1.82, 2.24) is 10.2 Å². The highest BCUT2D eigenvalue weighted by Crippen LogP contribution is 2.14. The first kappa shape index (κ1) is 16.8. The number of amides is 1. The molecule has 0 heterocycles. The van der Waals surface area contributed by atoms with E-state index in [1.165, 1.54) is 0 Å². The number of hydrogen-bond acceptors (Lipinski definition) is 3. The SMILES string of the molecule is CNCCN(Cc1ccc(Cl)cc1)C(=O)OC(C)(C)C. The molecule has 1 aromatic rings. The zero-order chi connectivity index (χ0) is 15.2. The first-order chi connectivity index (χ1) is 9.31. The van der Waals surface area contributed by atoms with Crippen molar-refractivity contribution in [2.75, 3.05) is 20.1 Å². The Hall–Kier alpha value is -1.26. The molecule has 0 aliphatic rings. The second-order valence-corrected chi connectivity index (χ2v) is 6.07. The lowest BCUT2D eigenvalue weighted by molar-refractivity contribution is 0.0236. The summed E-state index contributed by atoms with van der Waals surface area (Å²) in [7, 11) is 1.86. The lowest BCUT2D eigenvalue weighted by Crippen LogP contribution is -2.39. The summed E-state index contributed by atoms with van der Waals surface area (Å²) < 4.78 is 5.43. The summed E-state index contributed by atoms with van der Waals surface area (Å²) in [6.45, 7) is 7.41. The summed E-state index contributed by atoms with van der Waals surface area (Å²) in [6, 6.07) is 7.47. The predicted molar refractivity (Wildman–Crippen MR) is 82.0 cm³/mol. The average molecular weight is 299 g/mol. The summed E-state index contributed by atoms with van der Waals surface area (Å²) >= 11 is 5.87. The van der Waals surface area contributed by atoms with Crippen molar-refractivity contribution in [1.29, 1.82) is 0 Å². The van der Waals surface area contributed by atoms with Crippen LogP contribution in [0.5, 0.6) is 0 Å². The number of likely N-dealkylation sites (N-methyl/N-ethyl adjacent to an activating group) is 1. The molecule has 0 saturated heterocycles. The minimum atomic E-state index is -0.491. The van der Waals surface area contributed by atoms with Crippen LogP contribution < -0.4 is 5.32 Å². The smallest absolute Gasteiger partial charge is 0.410 e. The number of rotatable bonds is 5. The van der Waals surface area contributed by atoms with E-state index in [4.69, 9.17) is 16.3 Å². The molecule has 0 saturated carbocycles. The van der Waals surface area contributed by atoms with Crippen molar-refractivity contribution >= 4 is 17.7 Å². The zero-order valence-electron chi connectivity index (χ0n) is 12.6. The number of carbonyl (C=O) groups excluding carboxylic acids is 1. The van der Waals surface area contributed by atoms with E-state index in [9.17, 15) is 4.79 Å². The van der Waals surface area contributed by atoms with Crippen molar-refractivity contribution in [3.8, 4) is 0 Å². The number of carbonyl (C=O) groups is 1. The molecule has 0 bridgehead atoms. The molecule has 0 aliphatic heterocycles. The summed E-state index contributed by atoms with van der Waals surface area (Å²) in [5.41, 5.74) is 0.533. The molecule has 0 radical (unpaired) electrons. The molecular formula is C15H23ClN2O2. The molecule has 0 spiro atoms. The molecule has 4 nitrogen and oxygen atoms in total. The predicted octanol–water partition coefficient (Wildman–Crippen LogP) is 3.30. The van der Waals surface area contributed by atoms with Crippen molar-refractivity contribution in [2.45, 2.75) is 32.9 Å². The van der Waals surface area contributed by atoms with E-state index in [0.717, 1.165) is 5.56 Å². The topological polar surface area (TPSA) is 41.6 Å². The molecule has 0 fully saturated rings. The Labute approximate surface area is 126 Å². The largest absolute Gasteiger partial charge is 0.444 e. The number of hydrogen-bond donors (Lipinski definition) is 1. The summed E-state index contributed by atoms with van der Waals surface area (Å²) in [5.74, 6) is 0. The van der Waals surface area contributed by atoms with Crippen molar-refractivity contribution < 1.29 is 9.53 Å². The normalized spacial score (nSPS) is 11.2. The van der Waals surface area contributed by atoms with Gasteiger partial charge in [-0.25, -0.2) is 4.79 Å². The Bertz CT molecular complexity index is 426. The fraction of sp³-hybridized carbons (Fsp3) is 0.533. The van der Waals surface area contributed by atoms with Crippen LogP contribution in [0.1, 0.15) is 26.3 Å². The van der Waals surface area contributed by atoms with Crippen LogP contribution in [0.2, 0.25) is 5.02 Å². The monoisotopic (exact) mass is 298 g/mol. The van der Waals surface area contributed by atoms with Crippen LogP contribution in [0.3, 0.4) is 0 Å². The first-order valence-corrected chi connectivity index (χ1v) is 7.06. The molecule has 112 valence electrons. The van der Waals surface area contributed by atoms with Crippen LogP contribution in [0.15, 0.2) is 24.3 Å². The van der Waals surface area contributed by atoms with Gasteiger partial charge in [0, 0.05) is 24.7 Å². The fourth-order valence-corrected chi connectivity index (χ4v) is 1.74. The van der Waals surface area contributed by atoms with Crippen LogP contribution in [-0.2, 0) is 11.3 Å². The van der Waals surface area contributed by atoms with Crippen molar-refractivity contribution in [3.63, 3.8) is 0 Å². The molecule has 0 aromatic heterocycles. The van der Waals surface area contributed by atoms with Crippen LogP contribution >= 0.6 is 11.6 Å². The molecule has 5 heteroatoms. The van der Waals surface area contributed by atoms with Gasteiger partial charge in [0.25, 0.3) is 0 Å². The fourth-order valence-electron chi connectivity index (χ4n) is 1.62. The van der Waals surface area contributed by atoms with E-state index in [0.29, 0.717) is 24.7 Å².